The third-order valence-electron chi connectivity index (χ3n) is 3.17. The average Bonchev–Trinajstić information content (AvgIpc) is 2.59. The SMILES string of the molecule is CCCCCCCCCOP(=O)(O)O.CCOCC.Oc1ccccc1. The number of para-hydroxylation sites is 1. The number of benzene rings is 1. The van der Waals surface area contributed by atoms with Gasteiger partial charge in [-0.2, -0.15) is 0 Å². The molecular weight excluding hydrogens is 355 g/mol. The number of aromatic hydroxyl groups is 1. The van der Waals surface area contributed by atoms with Crippen LogP contribution in [0.3, 0.4) is 0 Å². The lowest BCUT2D eigenvalue weighted by molar-refractivity contribution is 0.162. The molecule has 1 rings (SSSR count). The Morgan fingerprint density at radius 2 is 1.35 bits per heavy atom. The molecule has 3 N–H and O–H groups in total. The van der Waals surface area contributed by atoms with Crippen molar-refractivity contribution in [1.82, 2.24) is 0 Å². The number of phenols is 1. The first-order valence-electron chi connectivity index (χ1n) is 9.39. The summed E-state index contributed by atoms with van der Waals surface area (Å²) in [5.74, 6) is 0.322. The molecular formula is C19H37O6P. The molecule has 0 heterocycles. The second-order valence-corrected chi connectivity index (χ2v) is 6.80. The van der Waals surface area contributed by atoms with Crippen LogP contribution in [0.25, 0.3) is 0 Å². The Morgan fingerprint density at radius 1 is 0.846 bits per heavy atom. The van der Waals surface area contributed by atoms with Gasteiger partial charge in [0.2, 0.25) is 0 Å². The minimum Gasteiger partial charge on any atom is -0.508 e. The lowest BCUT2D eigenvalue weighted by atomic mass is 10.1. The summed E-state index contributed by atoms with van der Waals surface area (Å²) in [7, 11) is -4.23. The smallest absolute Gasteiger partial charge is 0.469 e. The van der Waals surface area contributed by atoms with Crippen molar-refractivity contribution >= 4 is 7.82 Å². The van der Waals surface area contributed by atoms with Gasteiger partial charge < -0.3 is 19.6 Å². The zero-order valence-corrected chi connectivity index (χ0v) is 17.4. The standard InChI is InChI=1S/C9H21O4P.C6H6O.C4H10O/c1-2-3-4-5-6-7-8-9-13-14(10,11)12;7-6-4-2-1-3-5-6;1-3-5-4-2/h2-9H2,1H3,(H2,10,11,12);1-5,7H;3-4H2,1-2H3. The van der Waals surface area contributed by atoms with Crippen LogP contribution in [0, 0.1) is 0 Å². The Hall–Kier alpha value is -0.910. The minimum absolute atomic E-state index is 0.165. The minimum atomic E-state index is -4.23. The number of phosphoric ester groups is 1. The third kappa shape index (κ3) is 27.9. The molecule has 0 atom stereocenters. The van der Waals surface area contributed by atoms with E-state index in [1.807, 2.05) is 19.9 Å². The Kier molecular flexibility index (Phi) is 21.4. The molecule has 0 aliphatic heterocycles. The summed E-state index contributed by atoms with van der Waals surface area (Å²) >= 11 is 0. The van der Waals surface area contributed by atoms with Crippen LogP contribution in [-0.4, -0.2) is 34.7 Å². The van der Waals surface area contributed by atoms with Crippen LogP contribution in [0.2, 0.25) is 0 Å². The first-order chi connectivity index (χ1) is 12.4. The average molecular weight is 392 g/mol. The fraction of sp³-hybridized carbons (Fsp3) is 0.684. The van der Waals surface area contributed by atoms with Gasteiger partial charge in [0.1, 0.15) is 5.75 Å². The molecule has 0 aromatic heterocycles. The van der Waals surface area contributed by atoms with Gasteiger partial charge in [0.15, 0.2) is 0 Å². The van der Waals surface area contributed by atoms with Crippen molar-refractivity contribution in [3.63, 3.8) is 0 Å². The predicted molar refractivity (Wildman–Crippen MR) is 106 cm³/mol. The van der Waals surface area contributed by atoms with Crippen LogP contribution in [0.1, 0.15) is 65.7 Å². The number of ether oxygens (including phenoxy) is 1. The first-order valence-corrected chi connectivity index (χ1v) is 10.9. The molecule has 0 spiro atoms. The van der Waals surface area contributed by atoms with Gasteiger partial charge >= 0.3 is 7.82 Å². The van der Waals surface area contributed by atoms with Gasteiger partial charge in [-0.15, -0.1) is 0 Å². The summed E-state index contributed by atoms with van der Waals surface area (Å²) in [5, 5.41) is 8.63. The van der Waals surface area contributed by atoms with Crippen LogP contribution in [0.4, 0.5) is 0 Å². The fourth-order valence-electron chi connectivity index (χ4n) is 1.87. The molecule has 0 saturated carbocycles. The van der Waals surface area contributed by atoms with Crippen molar-refractivity contribution in [1.29, 1.82) is 0 Å². The topological polar surface area (TPSA) is 96.2 Å². The number of rotatable bonds is 11. The second kappa shape index (κ2) is 20.4. The predicted octanol–water partition coefficient (Wildman–Crippen LogP) is 5.28. The summed E-state index contributed by atoms with van der Waals surface area (Å²) in [6, 6.07) is 8.71. The van der Waals surface area contributed by atoms with Gasteiger partial charge in [0.25, 0.3) is 0 Å². The van der Waals surface area contributed by atoms with E-state index in [1.165, 1.54) is 25.7 Å². The van der Waals surface area contributed by atoms with Gasteiger partial charge in [0.05, 0.1) is 6.61 Å². The summed E-state index contributed by atoms with van der Waals surface area (Å²) < 4.78 is 19.4. The van der Waals surface area contributed by atoms with E-state index in [0.29, 0.717) is 5.75 Å². The van der Waals surface area contributed by atoms with Gasteiger partial charge in [-0.1, -0.05) is 63.6 Å². The quantitative estimate of drug-likeness (QED) is 0.350. The molecule has 0 amide bonds. The number of hydrogen-bond acceptors (Lipinski definition) is 4. The Labute approximate surface area is 158 Å². The number of phosphoric acid groups is 1. The summed E-state index contributed by atoms with van der Waals surface area (Å²) in [4.78, 5) is 16.8. The van der Waals surface area contributed by atoms with E-state index < -0.39 is 7.82 Å². The molecule has 0 saturated heterocycles. The molecule has 0 radical (unpaired) electrons. The van der Waals surface area contributed by atoms with Gasteiger partial charge in [0, 0.05) is 13.2 Å². The lowest BCUT2D eigenvalue weighted by Crippen LogP contribution is -1.92. The fourth-order valence-corrected chi connectivity index (χ4v) is 2.24. The van der Waals surface area contributed by atoms with Gasteiger partial charge in [-0.3, -0.25) is 4.52 Å². The Morgan fingerprint density at radius 3 is 1.69 bits per heavy atom. The third-order valence-corrected chi connectivity index (χ3v) is 3.69. The van der Waals surface area contributed by atoms with Crippen molar-refractivity contribution in [3.8, 4) is 5.75 Å². The van der Waals surface area contributed by atoms with Crippen LogP contribution < -0.4 is 0 Å². The van der Waals surface area contributed by atoms with E-state index in [-0.39, 0.29) is 6.61 Å². The zero-order valence-electron chi connectivity index (χ0n) is 16.5. The maximum atomic E-state index is 10.3. The maximum Gasteiger partial charge on any atom is 0.469 e. The van der Waals surface area contributed by atoms with Crippen LogP contribution in [0.5, 0.6) is 5.75 Å². The molecule has 154 valence electrons. The van der Waals surface area contributed by atoms with Crippen molar-refractivity contribution in [2.24, 2.45) is 0 Å². The highest BCUT2D eigenvalue weighted by atomic mass is 31.2. The Bertz CT molecular complexity index is 419. The lowest BCUT2D eigenvalue weighted by Gasteiger charge is -2.04. The molecule has 1 aromatic carbocycles. The summed E-state index contributed by atoms with van der Waals surface area (Å²) in [6.45, 7) is 8.01. The molecule has 7 heteroatoms. The second-order valence-electron chi connectivity index (χ2n) is 5.56. The van der Waals surface area contributed by atoms with Crippen molar-refractivity contribution in [3.05, 3.63) is 30.3 Å². The highest BCUT2D eigenvalue weighted by Gasteiger charge is 2.12. The first kappa shape index (κ1) is 27.3. The summed E-state index contributed by atoms with van der Waals surface area (Å²) in [6.07, 6.45) is 7.84. The molecule has 26 heavy (non-hydrogen) atoms. The molecule has 0 aliphatic carbocycles. The zero-order chi connectivity index (χ0) is 20.1. The van der Waals surface area contributed by atoms with Gasteiger partial charge in [-0.25, -0.2) is 4.57 Å². The number of phenolic OH excluding ortho intramolecular Hbond substituents is 1. The highest BCUT2D eigenvalue weighted by Crippen LogP contribution is 2.35. The van der Waals surface area contributed by atoms with Crippen LogP contribution in [0.15, 0.2) is 30.3 Å². The van der Waals surface area contributed by atoms with Gasteiger partial charge in [-0.05, 0) is 32.4 Å². The van der Waals surface area contributed by atoms with E-state index in [2.05, 4.69) is 11.4 Å². The number of hydrogen-bond donors (Lipinski definition) is 3. The van der Waals surface area contributed by atoms with Crippen LogP contribution in [-0.2, 0) is 13.8 Å². The largest absolute Gasteiger partial charge is 0.508 e. The maximum absolute atomic E-state index is 10.3. The van der Waals surface area contributed by atoms with E-state index in [1.54, 1.807) is 24.3 Å². The Balaban J connectivity index is 0. The normalized spacial score (nSPS) is 10.3. The van der Waals surface area contributed by atoms with Crippen LogP contribution >= 0.6 is 7.82 Å². The molecule has 1 aromatic rings. The molecule has 0 aliphatic rings. The molecule has 0 bridgehead atoms. The highest BCUT2D eigenvalue weighted by molar-refractivity contribution is 7.46. The van der Waals surface area contributed by atoms with Crippen molar-refractivity contribution in [2.75, 3.05) is 19.8 Å². The number of unbranched alkanes of at least 4 members (excludes halogenated alkanes) is 6. The van der Waals surface area contributed by atoms with Crippen molar-refractivity contribution in [2.45, 2.75) is 65.7 Å². The van der Waals surface area contributed by atoms with E-state index >= 15 is 0 Å². The van der Waals surface area contributed by atoms with E-state index in [9.17, 15) is 4.57 Å². The van der Waals surface area contributed by atoms with E-state index in [4.69, 9.17) is 19.6 Å². The molecule has 6 nitrogen and oxygen atoms in total. The van der Waals surface area contributed by atoms with Crippen molar-refractivity contribution < 1.29 is 28.7 Å². The summed E-state index contributed by atoms with van der Waals surface area (Å²) in [5.41, 5.74) is 0. The monoisotopic (exact) mass is 392 g/mol. The molecule has 0 unspecified atom stereocenters. The molecule has 0 fully saturated rings. The van der Waals surface area contributed by atoms with E-state index in [0.717, 1.165) is 32.5 Å².